The maximum atomic E-state index is 6.69. The van der Waals surface area contributed by atoms with Crippen LogP contribution in [0.4, 0.5) is 0 Å². The molecule has 6 aromatic heterocycles. The number of thiophene rings is 1. The van der Waals surface area contributed by atoms with Crippen LogP contribution in [0.3, 0.4) is 0 Å². The number of para-hydroxylation sites is 4. The molecule has 23 rings (SSSR count). The van der Waals surface area contributed by atoms with Crippen molar-refractivity contribution in [2.24, 2.45) is 0 Å². The molecule has 6 heterocycles. The largest absolute Gasteiger partial charge is 0.456 e. The zero-order valence-corrected chi connectivity index (χ0v) is 60.7. The Hall–Kier alpha value is -13.8. The fourth-order valence-electron chi connectivity index (χ4n) is 18.2. The number of furan rings is 2. The van der Waals surface area contributed by atoms with Crippen molar-refractivity contribution in [2.45, 2.75) is 0 Å². The van der Waals surface area contributed by atoms with Gasteiger partial charge in [-0.25, -0.2) is 0 Å². The van der Waals surface area contributed by atoms with Gasteiger partial charge in [0.1, 0.15) is 22.3 Å². The third-order valence-electron chi connectivity index (χ3n) is 23.2. The van der Waals surface area contributed by atoms with E-state index < -0.39 is 8.07 Å². The van der Waals surface area contributed by atoms with E-state index in [1.165, 1.54) is 95.4 Å². The molecule has 0 atom stereocenters. The molecule has 17 aromatic carbocycles. The molecule has 508 valence electrons. The summed E-state index contributed by atoms with van der Waals surface area (Å²) in [6.07, 6.45) is 0. The molecule has 0 radical (unpaired) electrons. The first kappa shape index (κ1) is 61.5. The van der Waals surface area contributed by atoms with Crippen LogP contribution in [0.5, 0.6) is 0 Å². The quantitative estimate of drug-likeness (QED) is 0.104. The number of nitrogens with one attached hydrogen (secondary N) is 1. The Balaban J connectivity index is 0.621. The predicted molar refractivity (Wildman–Crippen MR) is 463 cm³/mol. The van der Waals surface area contributed by atoms with E-state index in [9.17, 15) is 0 Å². The minimum atomic E-state index is -3.09. The molecule has 0 fully saturated rings. The molecule has 0 saturated heterocycles. The number of hydrogen-bond acceptors (Lipinski definition) is 3. The van der Waals surface area contributed by atoms with Gasteiger partial charge in [0.2, 0.25) is 0 Å². The van der Waals surface area contributed by atoms with Crippen molar-refractivity contribution in [3.8, 4) is 67.0 Å². The van der Waals surface area contributed by atoms with Crippen molar-refractivity contribution < 1.29 is 8.83 Å². The van der Waals surface area contributed by atoms with Gasteiger partial charge in [0.05, 0.1) is 27.6 Å². The Bertz CT molecular complexity index is 7600. The number of aromatic amines is 1. The molecular formula is C102H63N3O2SSi. The summed E-state index contributed by atoms with van der Waals surface area (Å²) in [4.78, 5) is 3.96. The second-order valence-corrected chi connectivity index (χ2v) is 33.9. The molecule has 23 aromatic rings. The van der Waals surface area contributed by atoms with Crippen LogP contribution in [0.25, 0.3) is 196 Å². The highest BCUT2D eigenvalue weighted by Crippen LogP contribution is 2.45. The van der Waals surface area contributed by atoms with Crippen LogP contribution in [0, 0.1) is 0 Å². The lowest BCUT2D eigenvalue weighted by atomic mass is 9.95. The zero-order valence-electron chi connectivity index (χ0n) is 58.9. The van der Waals surface area contributed by atoms with Crippen molar-refractivity contribution in [1.29, 1.82) is 0 Å². The normalized spacial score (nSPS) is 12.2. The Labute approximate surface area is 631 Å². The summed E-state index contributed by atoms with van der Waals surface area (Å²) in [6, 6.07) is 140. The van der Waals surface area contributed by atoms with E-state index >= 15 is 0 Å². The standard InChI is InChI=1S/C102H63N3O2SSi/c1-3-25-73(26-4-1)109(74-27-5-2-6-28-74,75-29-18-23-68(54-75)77-36-20-37-83-82-35-11-16-42-100(82)108-102(77)83)76-30-19-24-69(55-76)84-59-70(60-90-78-31-7-12-38-91(78)103-101(84)90)67-43-48-95-85(56-67)81-34-10-15-41-94(81)105(95)72-47-52-99-89(62-72)87-58-66(45-50-97(87)107-99)64-22-17-21-63(53-64)65-44-49-96-86(57-65)88-61-71(46-51-98(88)106-96)104-92-39-13-8-32-79(92)80-33-9-14-40-93(80)104/h1-62,103H. The highest BCUT2D eigenvalue weighted by atomic mass is 32.1. The van der Waals surface area contributed by atoms with Crippen LogP contribution in [0.15, 0.2) is 385 Å². The molecule has 0 amide bonds. The van der Waals surface area contributed by atoms with Gasteiger partial charge in [-0.05, 0) is 192 Å². The van der Waals surface area contributed by atoms with Crippen molar-refractivity contribution in [3.05, 3.63) is 376 Å². The second kappa shape index (κ2) is 24.1. The van der Waals surface area contributed by atoms with Crippen LogP contribution < -0.4 is 20.7 Å². The topological polar surface area (TPSA) is 51.9 Å². The van der Waals surface area contributed by atoms with E-state index in [0.29, 0.717) is 0 Å². The number of benzene rings is 17. The van der Waals surface area contributed by atoms with Crippen LogP contribution >= 0.6 is 11.3 Å². The average molecular weight is 1420 g/mol. The minimum Gasteiger partial charge on any atom is -0.456 e. The Morgan fingerprint density at radius 1 is 0.239 bits per heavy atom. The number of H-pyrrole nitrogens is 1. The van der Waals surface area contributed by atoms with Gasteiger partial charge >= 0.3 is 0 Å². The number of fused-ring (bicyclic) bond motifs is 18. The van der Waals surface area contributed by atoms with Gasteiger partial charge in [-0.1, -0.05) is 255 Å². The number of rotatable bonds is 11. The summed E-state index contributed by atoms with van der Waals surface area (Å²) in [5.74, 6) is 0. The van der Waals surface area contributed by atoms with Crippen molar-refractivity contribution in [2.75, 3.05) is 0 Å². The molecule has 109 heavy (non-hydrogen) atoms. The van der Waals surface area contributed by atoms with E-state index in [4.69, 9.17) is 8.83 Å². The van der Waals surface area contributed by atoms with Gasteiger partial charge < -0.3 is 23.0 Å². The lowest BCUT2D eigenvalue weighted by Crippen LogP contribution is -2.74. The van der Waals surface area contributed by atoms with Gasteiger partial charge in [0.25, 0.3) is 0 Å². The average Bonchev–Trinajstić information content (AvgIpc) is 1.36. The first-order valence-electron chi connectivity index (χ1n) is 37.3. The van der Waals surface area contributed by atoms with E-state index in [0.717, 1.165) is 122 Å². The highest BCUT2D eigenvalue weighted by Gasteiger charge is 2.42. The molecule has 0 aliphatic carbocycles. The fourth-order valence-corrected chi connectivity index (χ4v) is 24.3. The lowest BCUT2D eigenvalue weighted by molar-refractivity contribution is 0.668. The summed E-state index contributed by atoms with van der Waals surface area (Å²) in [5, 5.41) is 19.5. The Morgan fingerprint density at radius 2 is 0.651 bits per heavy atom. The number of aromatic nitrogens is 3. The molecule has 0 aliphatic rings. The zero-order chi connectivity index (χ0) is 71.4. The Kier molecular flexibility index (Phi) is 13.6. The molecule has 5 nitrogen and oxygen atoms in total. The maximum Gasteiger partial charge on any atom is 0.179 e. The first-order valence-corrected chi connectivity index (χ1v) is 40.1. The highest BCUT2D eigenvalue weighted by molar-refractivity contribution is 7.26. The Morgan fingerprint density at radius 3 is 1.26 bits per heavy atom. The van der Waals surface area contributed by atoms with Gasteiger partial charge in [-0.2, -0.15) is 0 Å². The predicted octanol–water partition coefficient (Wildman–Crippen LogP) is 25.4. The third-order valence-corrected chi connectivity index (χ3v) is 29.2. The minimum absolute atomic E-state index is 0.850. The molecular weight excluding hydrogens is 1360 g/mol. The second-order valence-electron chi connectivity index (χ2n) is 29.1. The first-order chi connectivity index (χ1) is 54.0. The summed E-state index contributed by atoms with van der Waals surface area (Å²) in [7, 11) is -3.09. The van der Waals surface area contributed by atoms with Crippen molar-refractivity contribution in [1.82, 2.24) is 14.1 Å². The number of hydrogen-bond donors (Lipinski definition) is 1. The van der Waals surface area contributed by atoms with Crippen LogP contribution in [-0.2, 0) is 0 Å². The summed E-state index contributed by atoms with van der Waals surface area (Å²) in [5.41, 5.74) is 24.1. The van der Waals surface area contributed by atoms with Crippen LogP contribution in [0.1, 0.15) is 0 Å². The molecule has 7 heteroatoms. The summed E-state index contributed by atoms with van der Waals surface area (Å²) >= 11 is 1.89. The summed E-state index contributed by atoms with van der Waals surface area (Å²) in [6.45, 7) is 0. The van der Waals surface area contributed by atoms with Gasteiger partial charge in [-0.3, -0.25) is 0 Å². The van der Waals surface area contributed by atoms with E-state index in [-0.39, 0.29) is 0 Å². The van der Waals surface area contributed by atoms with E-state index in [1.54, 1.807) is 0 Å². The van der Waals surface area contributed by atoms with E-state index in [2.05, 4.69) is 390 Å². The molecule has 1 N–H and O–H groups in total. The van der Waals surface area contributed by atoms with Crippen molar-refractivity contribution >= 4 is 170 Å². The van der Waals surface area contributed by atoms with Gasteiger partial charge in [0, 0.05) is 96.5 Å². The lowest BCUT2D eigenvalue weighted by Gasteiger charge is -2.35. The van der Waals surface area contributed by atoms with Crippen LogP contribution in [0.2, 0.25) is 0 Å². The molecule has 0 saturated carbocycles. The molecule has 0 spiro atoms. The summed E-state index contributed by atoms with van der Waals surface area (Å²) < 4.78 is 20.6. The smallest absolute Gasteiger partial charge is 0.179 e. The molecule has 0 bridgehead atoms. The van der Waals surface area contributed by atoms with Gasteiger partial charge in [0.15, 0.2) is 8.07 Å². The monoisotopic (exact) mass is 1420 g/mol. The maximum absolute atomic E-state index is 6.69. The molecule has 0 aliphatic heterocycles. The van der Waals surface area contributed by atoms with Crippen molar-refractivity contribution in [3.63, 3.8) is 0 Å². The van der Waals surface area contributed by atoms with Gasteiger partial charge in [-0.15, -0.1) is 11.3 Å². The number of nitrogens with zero attached hydrogens (tertiary/aromatic N) is 2. The van der Waals surface area contributed by atoms with E-state index in [1.807, 2.05) is 11.3 Å². The molecule has 0 unspecified atom stereocenters. The third kappa shape index (κ3) is 9.50. The fraction of sp³-hybridized carbons (Fsp3) is 0. The van der Waals surface area contributed by atoms with Crippen LogP contribution in [-0.4, -0.2) is 22.2 Å². The SMILES string of the molecule is c1ccc([Si](c2ccccc2)(c2cccc(-c3cc(-c4ccc5c(c4)c4ccccc4n5-c4ccc5oc6ccc(-c7cccc(-c8ccc9oc%10ccc(-n%11c%12ccccc%12c%12ccccc%12%11)cc%10c9c8)c7)cc6c5c4)cc4c3[nH]c3ccccc34)c2)c2cccc(-c3cccc4c3sc3ccccc34)c2)cc1.